The summed E-state index contributed by atoms with van der Waals surface area (Å²) in [4.78, 5) is 30.9. The largest absolute Gasteiger partial charge is 1.00 e. The van der Waals surface area contributed by atoms with E-state index >= 15 is 0 Å². The van der Waals surface area contributed by atoms with Crippen LogP contribution in [-0.4, -0.2) is 36.4 Å². The molecule has 11 heteroatoms. The summed E-state index contributed by atoms with van der Waals surface area (Å²) in [5.74, 6) is -6.16. The molecule has 78 valence electrons. The van der Waals surface area contributed by atoms with Crippen LogP contribution in [0.3, 0.4) is 0 Å². The molecule has 8 nitrogen and oxygen atoms in total. The minimum Gasteiger partial charge on any atom is -0.546 e. The zero-order valence-corrected chi connectivity index (χ0v) is 15.6. The first-order valence-corrected chi connectivity index (χ1v) is 3.33. The molecule has 1 saturated heterocycles. The van der Waals surface area contributed by atoms with Crippen LogP contribution in [0.15, 0.2) is 0 Å². The fraction of sp³-hybridized carbons (Fsp3) is 0.500. The van der Waals surface area contributed by atoms with Crippen LogP contribution in [0.1, 0.15) is 0 Å². The van der Waals surface area contributed by atoms with Gasteiger partial charge in [-0.2, -0.15) is 0 Å². The fourth-order valence-corrected chi connectivity index (χ4v) is 0.857. The van der Waals surface area contributed by atoms with Gasteiger partial charge in [-0.1, -0.05) is 0 Å². The smallest absolute Gasteiger partial charge is 0.546 e. The summed E-state index contributed by atoms with van der Waals surface area (Å²) < 4.78 is 8.35. The summed E-state index contributed by atoms with van der Waals surface area (Å²) in [6.45, 7) is -1.00. The number of ether oxygens (including phenoxy) is 2. The zero-order chi connectivity index (χ0) is 10.9. The van der Waals surface area contributed by atoms with Gasteiger partial charge < -0.3 is 39.2 Å². The minimum atomic E-state index is -2.88. The summed E-state index contributed by atoms with van der Waals surface area (Å²) in [5.41, 5.74) is -2.88. The SMILES string of the molecule is O=C([O-])C1OCC(C(=O)[O-])(C(=O)[O-])O1.[Na+].[Na+].[Na+]. The Balaban J connectivity index is -0.000000653. The number of carboxylic acid groups (broad SMARTS) is 3. The molecule has 0 bridgehead atoms. The van der Waals surface area contributed by atoms with Crippen molar-refractivity contribution >= 4 is 17.9 Å². The van der Waals surface area contributed by atoms with Crippen molar-refractivity contribution in [1.29, 1.82) is 0 Å². The van der Waals surface area contributed by atoms with Gasteiger partial charge in [0.2, 0.25) is 0 Å². The van der Waals surface area contributed by atoms with Crippen molar-refractivity contribution in [3.63, 3.8) is 0 Å². The van der Waals surface area contributed by atoms with Gasteiger partial charge in [0.25, 0.3) is 0 Å². The van der Waals surface area contributed by atoms with Gasteiger partial charge in [0.1, 0.15) is 0 Å². The van der Waals surface area contributed by atoms with Crippen molar-refractivity contribution in [3.05, 3.63) is 0 Å². The molecule has 17 heavy (non-hydrogen) atoms. The number of carboxylic acids is 3. The second-order valence-corrected chi connectivity index (χ2v) is 2.48. The maximum atomic E-state index is 10.4. The second kappa shape index (κ2) is 9.27. The topological polar surface area (TPSA) is 139 Å². The molecule has 0 aromatic rings. The molecule has 1 unspecified atom stereocenters. The van der Waals surface area contributed by atoms with E-state index in [1.807, 2.05) is 0 Å². The average Bonchev–Trinajstić information content (AvgIpc) is 2.48. The molecule has 0 N–H and O–H groups in total. The maximum absolute atomic E-state index is 10.4. The van der Waals surface area contributed by atoms with Gasteiger partial charge in [0.05, 0.1) is 24.5 Å². The quantitative estimate of drug-likeness (QED) is 0.364. The predicted octanol–water partition coefficient (Wildman–Crippen LogP) is -14.6. The third-order valence-electron chi connectivity index (χ3n) is 1.60. The summed E-state index contributed by atoms with van der Waals surface area (Å²) in [7, 11) is 0. The van der Waals surface area contributed by atoms with Crippen LogP contribution < -0.4 is 104 Å². The molecule has 0 aromatic carbocycles. The summed E-state index contributed by atoms with van der Waals surface area (Å²) in [6.07, 6.45) is -2.05. The van der Waals surface area contributed by atoms with Gasteiger partial charge in [0, 0.05) is 0 Å². The van der Waals surface area contributed by atoms with Crippen LogP contribution in [0, 0.1) is 0 Å². The Kier molecular flexibility index (Phi) is 12.8. The number of aliphatic carboxylic acids is 3. The standard InChI is InChI=1S/C6H6O8.3Na/c7-2(8)3-13-1-6(14-3,4(9)10)5(11)12;;;/h3H,1H2,(H,7,8)(H,9,10)(H,11,12);;;/q;3*+1/p-3. The molecular formula is C6H3Na3O8. The van der Waals surface area contributed by atoms with Crippen molar-refractivity contribution in [3.8, 4) is 0 Å². The van der Waals surface area contributed by atoms with Gasteiger partial charge in [-0.25, -0.2) is 0 Å². The third kappa shape index (κ3) is 5.07. The van der Waals surface area contributed by atoms with E-state index in [1.54, 1.807) is 0 Å². The Hall–Kier alpha value is 1.33. The zero-order valence-electron chi connectivity index (χ0n) is 9.55. The van der Waals surface area contributed by atoms with Crippen LogP contribution in [0.25, 0.3) is 0 Å². The predicted molar refractivity (Wildman–Crippen MR) is 28.6 cm³/mol. The van der Waals surface area contributed by atoms with Crippen LogP contribution in [0.5, 0.6) is 0 Å². The Bertz CT molecular complexity index is 292. The molecule has 0 radical (unpaired) electrons. The van der Waals surface area contributed by atoms with E-state index in [0.29, 0.717) is 0 Å². The normalized spacial score (nSPS) is 20.1. The molecule has 1 fully saturated rings. The molecule has 1 aliphatic heterocycles. The van der Waals surface area contributed by atoms with Crippen molar-refractivity contribution in [2.24, 2.45) is 0 Å². The maximum Gasteiger partial charge on any atom is 1.00 e. The van der Waals surface area contributed by atoms with Gasteiger partial charge in [-0.3, -0.25) is 0 Å². The number of rotatable bonds is 3. The van der Waals surface area contributed by atoms with Crippen molar-refractivity contribution in [1.82, 2.24) is 0 Å². The summed E-state index contributed by atoms with van der Waals surface area (Å²) in [6, 6.07) is 0. The number of hydrogen-bond acceptors (Lipinski definition) is 8. The van der Waals surface area contributed by atoms with Crippen LogP contribution in [0.2, 0.25) is 0 Å². The minimum absolute atomic E-state index is 0. The Morgan fingerprint density at radius 1 is 1.00 bits per heavy atom. The van der Waals surface area contributed by atoms with E-state index in [4.69, 9.17) is 0 Å². The van der Waals surface area contributed by atoms with Gasteiger partial charge in [-0.15, -0.1) is 0 Å². The molecule has 1 aliphatic rings. The third-order valence-corrected chi connectivity index (χ3v) is 1.60. The average molecular weight is 272 g/mol. The van der Waals surface area contributed by atoms with E-state index in [1.165, 1.54) is 0 Å². The summed E-state index contributed by atoms with van der Waals surface area (Å²) >= 11 is 0. The molecule has 0 aromatic heterocycles. The number of hydrogen-bond donors (Lipinski definition) is 0. The van der Waals surface area contributed by atoms with Crippen molar-refractivity contribution in [2.75, 3.05) is 6.61 Å². The van der Waals surface area contributed by atoms with E-state index < -0.39 is 36.4 Å². The van der Waals surface area contributed by atoms with Crippen molar-refractivity contribution in [2.45, 2.75) is 11.9 Å². The molecule has 0 amide bonds. The number of carbonyl (C=O) groups excluding carboxylic acids is 3. The molecule has 0 saturated carbocycles. The van der Waals surface area contributed by atoms with Crippen molar-refractivity contribution < 1.29 is 128 Å². The molecule has 0 aliphatic carbocycles. The number of carbonyl (C=O) groups is 3. The van der Waals surface area contributed by atoms with Crippen LogP contribution in [-0.2, 0) is 23.9 Å². The molecule has 1 atom stereocenters. The Morgan fingerprint density at radius 2 is 1.41 bits per heavy atom. The summed E-state index contributed by atoms with van der Waals surface area (Å²) in [5, 5.41) is 30.9. The van der Waals surface area contributed by atoms with E-state index in [9.17, 15) is 29.7 Å². The van der Waals surface area contributed by atoms with Gasteiger partial charge in [0.15, 0.2) is 11.9 Å². The van der Waals surface area contributed by atoms with Crippen LogP contribution in [0.4, 0.5) is 0 Å². The van der Waals surface area contributed by atoms with E-state index in [0.717, 1.165) is 0 Å². The first kappa shape index (κ1) is 23.4. The van der Waals surface area contributed by atoms with Crippen LogP contribution >= 0.6 is 0 Å². The molecular weight excluding hydrogens is 269 g/mol. The van der Waals surface area contributed by atoms with Gasteiger partial charge in [-0.05, 0) is 0 Å². The molecule has 0 spiro atoms. The second-order valence-electron chi connectivity index (χ2n) is 2.48. The Morgan fingerprint density at radius 3 is 1.59 bits per heavy atom. The van der Waals surface area contributed by atoms with E-state index in [2.05, 4.69) is 9.47 Å². The van der Waals surface area contributed by atoms with Gasteiger partial charge >= 0.3 is 88.7 Å². The molecule has 1 heterocycles. The van der Waals surface area contributed by atoms with E-state index in [-0.39, 0.29) is 88.7 Å². The monoisotopic (exact) mass is 272 g/mol. The Labute approximate surface area is 162 Å². The first-order valence-electron chi connectivity index (χ1n) is 3.33. The fourth-order valence-electron chi connectivity index (χ4n) is 0.857. The molecule has 1 rings (SSSR count). The first-order chi connectivity index (χ1) is 6.40.